The highest BCUT2D eigenvalue weighted by Crippen LogP contribution is 2.23. The van der Waals surface area contributed by atoms with Gasteiger partial charge in [-0.2, -0.15) is 0 Å². The molecule has 0 spiro atoms. The molecule has 156 valence electrons. The molecular formula is C23H25FN4O2. The van der Waals surface area contributed by atoms with E-state index in [0.29, 0.717) is 44.7 Å². The maximum absolute atomic E-state index is 13.6. The molecule has 0 aliphatic carbocycles. The van der Waals surface area contributed by atoms with Crippen LogP contribution in [-0.2, 0) is 6.42 Å². The molecule has 0 radical (unpaired) electrons. The third-order valence-electron chi connectivity index (χ3n) is 5.61. The zero-order valence-corrected chi connectivity index (χ0v) is 17.0. The van der Waals surface area contributed by atoms with Crippen molar-refractivity contribution in [2.75, 3.05) is 32.7 Å². The molecule has 3 amide bonds. The average molecular weight is 408 g/mol. The monoisotopic (exact) mass is 408 g/mol. The standard InChI is InChI=1S/C23H25FN4O2/c1-16-19(20-15-18(24)7-8-21(20)26-16)9-10-25-23(30)28-13-11-27(12-14-28)22(29)17-5-3-2-4-6-17/h2-8,15,26H,9-14H2,1H3,(H,25,30). The number of hydrogen-bond donors (Lipinski definition) is 2. The molecule has 7 heteroatoms. The van der Waals surface area contributed by atoms with E-state index in [1.54, 1.807) is 28.0 Å². The summed E-state index contributed by atoms with van der Waals surface area (Å²) in [5.41, 5.74) is 3.57. The first-order valence-electron chi connectivity index (χ1n) is 10.2. The number of rotatable bonds is 4. The van der Waals surface area contributed by atoms with Crippen LogP contribution in [0.2, 0.25) is 0 Å². The van der Waals surface area contributed by atoms with E-state index in [-0.39, 0.29) is 17.8 Å². The van der Waals surface area contributed by atoms with Crippen LogP contribution in [0.25, 0.3) is 10.9 Å². The van der Waals surface area contributed by atoms with E-state index in [4.69, 9.17) is 0 Å². The van der Waals surface area contributed by atoms with Gasteiger partial charge in [-0.3, -0.25) is 4.79 Å². The number of fused-ring (bicyclic) bond motifs is 1. The molecule has 4 rings (SSSR count). The van der Waals surface area contributed by atoms with E-state index in [2.05, 4.69) is 10.3 Å². The highest BCUT2D eigenvalue weighted by molar-refractivity contribution is 5.94. The van der Waals surface area contributed by atoms with E-state index >= 15 is 0 Å². The third-order valence-corrected chi connectivity index (χ3v) is 5.61. The predicted molar refractivity (Wildman–Crippen MR) is 114 cm³/mol. The molecule has 1 fully saturated rings. The van der Waals surface area contributed by atoms with Crippen LogP contribution in [0.3, 0.4) is 0 Å². The van der Waals surface area contributed by atoms with Crippen LogP contribution in [0.5, 0.6) is 0 Å². The molecule has 2 aromatic carbocycles. The molecular weight excluding hydrogens is 383 g/mol. The highest BCUT2D eigenvalue weighted by atomic mass is 19.1. The van der Waals surface area contributed by atoms with Crippen molar-refractivity contribution in [3.63, 3.8) is 0 Å². The molecule has 30 heavy (non-hydrogen) atoms. The third kappa shape index (κ3) is 4.15. The number of carbonyl (C=O) groups is 2. The Morgan fingerprint density at radius 2 is 1.73 bits per heavy atom. The Balaban J connectivity index is 1.28. The number of halogens is 1. The Labute approximate surface area is 174 Å². The lowest BCUT2D eigenvalue weighted by Gasteiger charge is -2.34. The van der Waals surface area contributed by atoms with Gasteiger partial charge in [-0.1, -0.05) is 18.2 Å². The molecule has 2 heterocycles. The molecule has 3 aromatic rings. The summed E-state index contributed by atoms with van der Waals surface area (Å²) in [6, 6.07) is 13.8. The fourth-order valence-corrected chi connectivity index (χ4v) is 3.96. The van der Waals surface area contributed by atoms with Crippen molar-refractivity contribution < 1.29 is 14.0 Å². The highest BCUT2D eigenvalue weighted by Gasteiger charge is 2.24. The van der Waals surface area contributed by atoms with Gasteiger partial charge in [0, 0.05) is 54.9 Å². The molecule has 1 aromatic heterocycles. The van der Waals surface area contributed by atoms with Gasteiger partial charge in [-0.15, -0.1) is 0 Å². The number of carbonyl (C=O) groups excluding carboxylic acids is 2. The quantitative estimate of drug-likeness (QED) is 0.695. The second kappa shape index (κ2) is 8.57. The van der Waals surface area contributed by atoms with Gasteiger partial charge in [0.05, 0.1) is 0 Å². The molecule has 6 nitrogen and oxygen atoms in total. The van der Waals surface area contributed by atoms with Crippen molar-refractivity contribution in [3.8, 4) is 0 Å². The van der Waals surface area contributed by atoms with Crippen molar-refractivity contribution >= 4 is 22.8 Å². The molecule has 0 saturated carbocycles. The Hall–Kier alpha value is -3.35. The number of nitrogens with zero attached hydrogens (tertiary/aromatic N) is 2. The average Bonchev–Trinajstić information content (AvgIpc) is 3.08. The molecule has 1 aliphatic rings. The first-order valence-corrected chi connectivity index (χ1v) is 10.2. The van der Waals surface area contributed by atoms with Gasteiger partial charge in [-0.05, 0) is 49.2 Å². The van der Waals surface area contributed by atoms with Crippen LogP contribution in [0.15, 0.2) is 48.5 Å². The van der Waals surface area contributed by atoms with Gasteiger partial charge >= 0.3 is 6.03 Å². The van der Waals surface area contributed by atoms with Gasteiger partial charge in [0.25, 0.3) is 5.91 Å². The maximum atomic E-state index is 13.6. The topological polar surface area (TPSA) is 68.4 Å². The number of urea groups is 1. The molecule has 0 atom stereocenters. The second-order valence-corrected chi connectivity index (χ2v) is 7.55. The van der Waals surface area contributed by atoms with E-state index in [9.17, 15) is 14.0 Å². The lowest BCUT2D eigenvalue weighted by atomic mass is 10.1. The fraction of sp³-hybridized carbons (Fsp3) is 0.304. The maximum Gasteiger partial charge on any atom is 0.317 e. The van der Waals surface area contributed by atoms with Crippen molar-refractivity contribution in [2.24, 2.45) is 0 Å². The zero-order chi connectivity index (χ0) is 21.1. The summed E-state index contributed by atoms with van der Waals surface area (Å²) in [6.45, 7) is 4.46. The second-order valence-electron chi connectivity index (χ2n) is 7.55. The lowest BCUT2D eigenvalue weighted by molar-refractivity contribution is 0.0665. The van der Waals surface area contributed by atoms with Crippen LogP contribution in [-0.4, -0.2) is 59.4 Å². The fourth-order valence-electron chi connectivity index (χ4n) is 3.96. The van der Waals surface area contributed by atoms with Gasteiger partial charge in [-0.25, -0.2) is 9.18 Å². The number of aromatic nitrogens is 1. The van der Waals surface area contributed by atoms with Crippen molar-refractivity contribution in [1.29, 1.82) is 0 Å². The first-order chi connectivity index (χ1) is 14.5. The van der Waals surface area contributed by atoms with Crippen LogP contribution in [0.4, 0.5) is 9.18 Å². The summed E-state index contributed by atoms with van der Waals surface area (Å²) < 4.78 is 13.6. The van der Waals surface area contributed by atoms with E-state index in [0.717, 1.165) is 22.2 Å². The number of aromatic amines is 1. The van der Waals surface area contributed by atoms with Gasteiger partial charge < -0.3 is 20.1 Å². The van der Waals surface area contributed by atoms with Crippen LogP contribution < -0.4 is 5.32 Å². The summed E-state index contributed by atoms with van der Waals surface area (Å²) in [7, 11) is 0. The number of H-pyrrole nitrogens is 1. The summed E-state index contributed by atoms with van der Waals surface area (Å²) in [5.74, 6) is -0.271. The van der Waals surface area contributed by atoms with E-state index in [1.807, 2.05) is 25.1 Å². The molecule has 2 N–H and O–H groups in total. The normalized spacial score (nSPS) is 14.2. The number of piperazine rings is 1. The minimum Gasteiger partial charge on any atom is -0.358 e. The SMILES string of the molecule is Cc1[nH]c2ccc(F)cc2c1CCNC(=O)N1CCN(C(=O)c2ccccc2)CC1. The van der Waals surface area contributed by atoms with Crippen LogP contribution in [0, 0.1) is 12.7 Å². The number of amides is 3. The van der Waals surface area contributed by atoms with Crippen molar-refractivity contribution in [3.05, 3.63) is 71.2 Å². The number of aryl methyl sites for hydroxylation is 1. The predicted octanol–water partition coefficient (Wildman–Crippen LogP) is 3.33. The number of benzene rings is 2. The van der Waals surface area contributed by atoms with Crippen LogP contribution in [0.1, 0.15) is 21.6 Å². The zero-order valence-electron chi connectivity index (χ0n) is 17.0. The molecule has 0 bridgehead atoms. The first kappa shape index (κ1) is 19.9. The Kier molecular flexibility index (Phi) is 5.70. The Morgan fingerprint density at radius 1 is 1.03 bits per heavy atom. The Morgan fingerprint density at radius 3 is 2.47 bits per heavy atom. The van der Waals surface area contributed by atoms with Gasteiger partial charge in [0.15, 0.2) is 0 Å². The summed E-state index contributed by atoms with van der Waals surface area (Å²) in [6.07, 6.45) is 0.619. The minimum atomic E-state index is -0.269. The summed E-state index contributed by atoms with van der Waals surface area (Å²) in [5, 5.41) is 3.81. The van der Waals surface area contributed by atoms with Crippen molar-refractivity contribution in [1.82, 2.24) is 20.1 Å². The lowest BCUT2D eigenvalue weighted by Crippen LogP contribution is -2.53. The number of nitrogens with one attached hydrogen (secondary N) is 2. The van der Waals surface area contributed by atoms with E-state index < -0.39 is 0 Å². The summed E-state index contributed by atoms with van der Waals surface area (Å²) >= 11 is 0. The number of hydrogen-bond acceptors (Lipinski definition) is 2. The Bertz CT molecular complexity index is 1060. The van der Waals surface area contributed by atoms with Gasteiger partial charge in [0.1, 0.15) is 5.82 Å². The smallest absolute Gasteiger partial charge is 0.317 e. The van der Waals surface area contributed by atoms with Crippen molar-refractivity contribution in [2.45, 2.75) is 13.3 Å². The van der Waals surface area contributed by atoms with Gasteiger partial charge in [0.2, 0.25) is 0 Å². The molecule has 0 unspecified atom stereocenters. The largest absolute Gasteiger partial charge is 0.358 e. The van der Waals surface area contributed by atoms with Crippen LogP contribution >= 0.6 is 0 Å². The summed E-state index contributed by atoms with van der Waals surface area (Å²) in [4.78, 5) is 31.8. The molecule has 1 aliphatic heterocycles. The molecule has 1 saturated heterocycles. The minimum absolute atomic E-state index is 0.00213. The van der Waals surface area contributed by atoms with E-state index in [1.165, 1.54) is 12.1 Å².